The summed E-state index contributed by atoms with van der Waals surface area (Å²) in [5.41, 5.74) is 8.62. The van der Waals surface area contributed by atoms with Gasteiger partial charge in [-0.05, 0) is 30.3 Å². The van der Waals surface area contributed by atoms with E-state index in [2.05, 4.69) is 25.5 Å². The van der Waals surface area contributed by atoms with Gasteiger partial charge in [0.25, 0.3) is 6.09 Å². The Morgan fingerprint density at radius 2 is 1.84 bits per heavy atom. The van der Waals surface area contributed by atoms with Crippen molar-refractivity contribution in [2.75, 3.05) is 38.1 Å². The molecule has 1 saturated heterocycles. The van der Waals surface area contributed by atoms with E-state index in [1.54, 1.807) is 17.8 Å². The van der Waals surface area contributed by atoms with Crippen LogP contribution in [0.1, 0.15) is 11.3 Å². The van der Waals surface area contributed by atoms with Crippen molar-refractivity contribution in [2.45, 2.75) is 5.66 Å². The Labute approximate surface area is 219 Å². The Morgan fingerprint density at radius 1 is 1.05 bits per heavy atom. The van der Waals surface area contributed by atoms with Crippen LogP contribution >= 0.6 is 12.4 Å². The predicted molar refractivity (Wildman–Crippen MR) is 143 cm³/mol. The van der Waals surface area contributed by atoms with Gasteiger partial charge in [-0.3, -0.25) is 5.73 Å². The molecular weight excluding hydrogens is 497 g/mol. The summed E-state index contributed by atoms with van der Waals surface area (Å²) in [5.74, 6) is 1.82. The molecule has 4 aromatic rings. The Bertz CT molecular complexity index is 1490. The number of amidine groups is 1. The smallest absolute Gasteiger partial charge is 0.287 e. The van der Waals surface area contributed by atoms with Crippen molar-refractivity contribution in [3.8, 4) is 11.5 Å². The number of aromatic nitrogens is 4. The molecule has 0 radical (unpaired) electrons. The van der Waals surface area contributed by atoms with E-state index in [0.717, 1.165) is 37.5 Å². The van der Waals surface area contributed by atoms with Gasteiger partial charge in [-0.25, -0.2) is 14.7 Å². The van der Waals surface area contributed by atoms with Gasteiger partial charge in [0.2, 0.25) is 0 Å². The van der Waals surface area contributed by atoms with Gasteiger partial charge in [-0.1, -0.05) is 23.4 Å². The molecule has 10 nitrogen and oxygen atoms in total. The molecule has 12 heteroatoms. The molecule has 1 unspecified atom stereocenters. The first kappa shape index (κ1) is 24.9. The maximum absolute atomic E-state index is 15.1. The first-order chi connectivity index (χ1) is 17.4. The molecule has 0 saturated carbocycles. The highest BCUT2D eigenvalue weighted by molar-refractivity contribution is 5.85. The van der Waals surface area contributed by atoms with E-state index in [0.29, 0.717) is 34.0 Å². The molecule has 2 aromatic heterocycles. The summed E-state index contributed by atoms with van der Waals surface area (Å²) in [6.07, 6.45) is -0.697. The molecule has 1 atom stereocenters. The van der Waals surface area contributed by atoms with Crippen LogP contribution in [0, 0.1) is 0 Å². The second-order valence-corrected chi connectivity index (χ2v) is 8.94. The monoisotopic (exact) mass is 523 g/mol. The van der Waals surface area contributed by atoms with Crippen LogP contribution in [0.5, 0.6) is 11.5 Å². The third-order valence-corrected chi connectivity index (χ3v) is 6.79. The SMILES string of the molecule is CN1C(F)=Nc2ccc(N3CCNCC3)nc2C1(N)c1ccccc1Oc1ccc2c(c1)nnn2C.Cl. The van der Waals surface area contributed by atoms with Crippen molar-refractivity contribution in [3.63, 3.8) is 0 Å². The van der Waals surface area contributed by atoms with E-state index in [1.807, 2.05) is 55.6 Å². The lowest BCUT2D eigenvalue weighted by Crippen LogP contribution is -2.56. The lowest BCUT2D eigenvalue weighted by atomic mass is 9.91. The number of anilines is 1. The number of rotatable bonds is 4. The Morgan fingerprint density at radius 3 is 2.65 bits per heavy atom. The van der Waals surface area contributed by atoms with Gasteiger partial charge in [0.15, 0.2) is 5.66 Å². The number of piperazine rings is 1. The zero-order valence-electron chi connectivity index (χ0n) is 20.4. The van der Waals surface area contributed by atoms with Gasteiger partial charge in [0.05, 0.1) is 11.2 Å². The fourth-order valence-corrected chi connectivity index (χ4v) is 4.75. The standard InChI is InChI=1S/C25H26FN9O.ClH/c1-33-24(26)29-18-8-10-22(35-13-11-28-12-14-35)30-23(18)25(33,27)17-5-3-4-6-21(17)36-16-7-9-20-19(15-16)31-32-34(20)2;/h3-10,15,28H,11-14,27H2,1-2H3;1H. The quantitative estimate of drug-likeness (QED) is 0.393. The van der Waals surface area contributed by atoms with Crippen molar-refractivity contribution in [1.82, 2.24) is 30.2 Å². The zero-order chi connectivity index (χ0) is 24.9. The number of hydrogen-bond donors (Lipinski definition) is 2. The minimum atomic E-state index is -1.46. The van der Waals surface area contributed by atoms with Crippen molar-refractivity contribution >= 4 is 41.0 Å². The number of fused-ring (bicyclic) bond motifs is 2. The number of pyridine rings is 1. The number of hydrogen-bond acceptors (Lipinski definition) is 9. The van der Waals surface area contributed by atoms with Crippen LogP contribution in [0.4, 0.5) is 15.9 Å². The summed E-state index contributed by atoms with van der Waals surface area (Å²) in [6, 6.07) is 16.5. The molecule has 6 rings (SSSR count). The van der Waals surface area contributed by atoms with Crippen LogP contribution < -0.4 is 20.7 Å². The third-order valence-electron chi connectivity index (χ3n) is 6.79. The molecular formula is C25H27ClFN9O. The van der Waals surface area contributed by atoms with Crippen LogP contribution in [0.15, 0.2) is 59.6 Å². The Hall–Kier alpha value is -3.80. The summed E-state index contributed by atoms with van der Waals surface area (Å²) in [7, 11) is 3.40. The molecule has 0 aliphatic carbocycles. The molecule has 0 bridgehead atoms. The van der Waals surface area contributed by atoms with Gasteiger partial charge >= 0.3 is 0 Å². The van der Waals surface area contributed by atoms with Crippen LogP contribution in [0.25, 0.3) is 11.0 Å². The van der Waals surface area contributed by atoms with Crippen molar-refractivity contribution in [2.24, 2.45) is 17.8 Å². The van der Waals surface area contributed by atoms with Gasteiger partial charge < -0.3 is 19.9 Å². The highest BCUT2D eigenvalue weighted by atomic mass is 35.5. The number of aliphatic imine (C=N–C) groups is 1. The van der Waals surface area contributed by atoms with Gasteiger partial charge in [-0.15, -0.1) is 17.5 Å². The highest BCUT2D eigenvalue weighted by Crippen LogP contribution is 2.44. The maximum Gasteiger partial charge on any atom is 0.287 e. The fourth-order valence-electron chi connectivity index (χ4n) is 4.75. The number of halogens is 2. The lowest BCUT2D eigenvalue weighted by molar-refractivity contribution is 0.230. The molecule has 192 valence electrons. The van der Waals surface area contributed by atoms with Crippen LogP contribution in [-0.4, -0.2) is 64.2 Å². The first-order valence-electron chi connectivity index (χ1n) is 11.8. The summed E-state index contributed by atoms with van der Waals surface area (Å²) in [5, 5.41) is 11.6. The van der Waals surface area contributed by atoms with E-state index in [4.69, 9.17) is 15.5 Å². The second kappa shape index (κ2) is 9.58. The molecule has 2 aliphatic rings. The molecule has 3 N–H and O–H groups in total. The molecule has 1 fully saturated rings. The number of para-hydroxylation sites is 1. The maximum atomic E-state index is 15.1. The van der Waals surface area contributed by atoms with Gasteiger partial charge in [0.1, 0.15) is 28.5 Å². The van der Waals surface area contributed by atoms with E-state index < -0.39 is 11.8 Å². The lowest BCUT2D eigenvalue weighted by Gasteiger charge is -2.42. The molecule has 0 amide bonds. The van der Waals surface area contributed by atoms with Crippen molar-refractivity contribution < 1.29 is 9.13 Å². The number of ether oxygens (including phenoxy) is 1. The largest absolute Gasteiger partial charge is 0.457 e. The second-order valence-electron chi connectivity index (χ2n) is 8.94. The fraction of sp³-hybridized carbons (Fsp3) is 0.280. The molecule has 37 heavy (non-hydrogen) atoms. The van der Waals surface area contributed by atoms with E-state index in [1.165, 1.54) is 4.90 Å². The minimum absolute atomic E-state index is 0. The van der Waals surface area contributed by atoms with Crippen LogP contribution in [0.2, 0.25) is 0 Å². The van der Waals surface area contributed by atoms with Gasteiger partial charge in [-0.2, -0.15) is 4.39 Å². The van der Waals surface area contributed by atoms with E-state index >= 15 is 4.39 Å². The number of nitrogens with two attached hydrogens (primary N) is 1. The topological polar surface area (TPSA) is 110 Å². The highest BCUT2D eigenvalue weighted by Gasteiger charge is 2.45. The van der Waals surface area contributed by atoms with Gasteiger partial charge in [0, 0.05) is 51.9 Å². The minimum Gasteiger partial charge on any atom is -0.457 e. The summed E-state index contributed by atoms with van der Waals surface area (Å²) in [4.78, 5) is 12.5. The molecule has 2 aromatic carbocycles. The number of nitrogens with one attached hydrogen (secondary N) is 1. The number of nitrogens with zero attached hydrogens (tertiary/aromatic N) is 7. The number of benzene rings is 2. The van der Waals surface area contributed by atoms with Crippen LogP contribution in [0.3, 0.4) is 0 Å². The van der Waals surface area contributed by atoms with E-state index in [9.17, 15) is 0 Å². The van der Waals surface area contributed by atoms with E-state index in [-0.39, 0.29) is 12.4 Å². The summed E-state index contributed by atoms with van der Waals surface area (Å²) >= 11 is 0. The average Bonchev–Trinajstić information content (AvgIpc) is 3.28. The van der Waals surface area contributed by atoms with Crippen molar-refractivity contribution in [3.05, 3.63) is 65.9 Å². The summed E-state index contributed by atoms with van der Waals surface area (Å²) < 4.78 is 23.1. The average molecular weight is 524 g/mol. The number of aryl methyl sites for hydroxylation is 1. The third kappa shape index (κ3) is 4.14. The van der Waals surface area contributed by atoms with Crippen molar-refractivity contribution in [1.29, 1.82) is 0 Å². The normalized spacial score (nSPS) is 19.3. The van der Waals surface area contributed by atoms with Crippen LogP contribution in [-0.2, 0) is 12.7 Å². The Balaban J connectivity index is 0.00000280. The molecule has 2 aliphatic heterocycles. The predicted octanol–water partition coefficient (Wildman–Crippen LogP) is 3.05. The Kier molecular flexibility index (Phi) is 6.44. The molecule has 0 spiro atoms. The molecule has 4 heterocycles. The summed E-state index contributed by atoms with van der Waals surface area (Å²) in [6.45, 7) is 3.38. The zero-order valence-corrected chi connectivity index (χ0v) is 21.2. The first-order valence-corrected chi connectivity index (χ1v) is 11.8.